The fraction of sp³-hybridized carbons (Fsp3) is 0.429. The lowest BCUT2D eigenvalue weighted by Crippen LogP contribution is -2.38. The second kappa shape index (κ2) is 7.09. The van der Waals surface area contributed by atoms with Gasteiger partial charge in [-0.25, -0.2) is 0 Å². The van der Waals surface area contributed by atoms with Crippen LogP contribution < -0.4 is 10.5 Å². The topological polar surface area (TPSA) is 55.6 Å². The molecule has 1 aromatic rings. The molecule has 0 heterocycles. The van der Waals surface area contributed by atoms with E-state index in [0.717, 1.165) is 17.7 Å². The SMILES string of the molecule is COc1ccccc1CC(C)N(C)C(=O)CC(N)=S. The standard InChI is InChI=1S/C14H20N2O2S/c1-10(16(2)14(17)9-13(15)19)8-11-6-4-5-7-12(11)18-3/h4-7,10H,8-9H2,1-3H3,(H2,15,19). The minimum Gasteiger partial charge on any atom is -0.496 e. The van der Waals surface area contributed by atoms with Crippen molar-refractivity contribution < 1.29 is 9.53 Å². The Bertz CT molecular complexity index is 463. The molecule has 0 aliphatic carbocycles. The first-order valence-electron chi connectivity index (χ1n) is 6.11. The lowest BCUT2D eigenvalue weighted by molar-refractivity contribution is -0.130. The van der Waals surface area contributed by atoms with Crippen LogP contribution in [0.5, 0.6) is 5.75 Å². The molecular formula is C14H20N2O2S. The van der Waals surface area contributed by atoms with E-state index in [-0.39, 0.29) is 23.4 Å². The molecule has 0 bridgehead atoms. The van der Waals surface area contributed by atoms with Gasteiger partial charge < -0.3 is 15.4 Å². The molecule has 5 heteroatoms. The van der Waals surface area contributed by atoms with Gasteiger partial charge >= 0.3 is 0 Å². The molecule has 104 valence electrons. The van der Waals surface area contributed by atoms with Gasteiger partial charge in [-0.15, -0.1) is 0 Å². The molecule has 0 spiro atoms. The number of nitrogens with two attached hydrogens (primary N) is 1. The first-order chi connectivity index (χ1) is 8.95. The van der Waals surface area contributed by atoms with Crippen molar-refractivity contribution in [3.63, 3.8) is 0 Å². The number of rotatable bonds is 6. The molecule has 1 amide bonds. The summed E-state index contributed by atoms with van der Waals surface area (Å²) in [5, 5.41) is 0. The molecular weight excluding hydrogens is 260 g/mol. The Balaban J connectivity index is 2.70. The Hall–Kier alpha value is -1.62. The largest absolute Gasteiger partial charge is 0.496 e. The van der Waals surface area contributed by atoms with E-state index in [9.17, 15) is 4.79 Å². The molecule has 4 nitrogen and oxygen atoms in total. The minimum absolute atomic E-state index is 0.0538. The number of ether oxygens (including phenoxy) is 1. The van der Waals surface area contributed by atoms with Crippen LogP contribution in [0.4, 0.5) is 0 Å². The third kappa shape index (κ3) is 4.52. The lowest BCUT2D eigenvalue weighted by atomic mass is 10.0. The number of amides is 1. The Morgan fingerprint density at radius 1 is 1.47 bits per heavy atom. The Morgan fingerprint density at radius 2 is 2.11 bits per heavy atom. The van der Waals surface area contributed by atoms with Gasteiger partial charge in [-0.05, 0) is 25.0 Å². The van der Waals surface area contributed by atoms with Crippen LogP contribution in [0.2, 0.25) is 0 Å². The number of methoxy groups -OCH3 is 1. The molecule has 1 rings (SSSR count). The zero-order valence-electron chi connectivity index (χ0n) is 11.6. The monoisotopic (exact) mass is 280 g/mol. The average molecular weight is 280 g/mol. The van der Waals surface area contributed by atoms with Gasteiger partial charge in [0.15, 0.2) is 0 Å². The van der Waals surface area contributed by atoms with E-state index in [1.165, 1.54) is 0 Å². The minimum atomic E-state index is -0.0603. The number of likely N-dealkylation sites (N-methyl/N-ethyl adjacent to an activating group) is 1. The molecule has 1 unspecified atom stereocenters. The molecule has 1 aromatic carbocycles. The summed E-state index contributed by atoms with van der Waals surface area (Å²) in [6.07, 6.45) is 0.839. The third-order valence-electron chi connectivity index (χ3n) is 3.09. The number of thiocarbonyl (C=S) groups is 1. The zero-order chi connectivity index (χ0) is 14.4. The predicted octanol–water partition coefficient (Wildman–Crippen LogP) is 1.76. The Morgan fingerprint density at radius 3 is 2.68 bits per heavy atom. The van der Waals surface area contributed by atoms with Crippen LogP contribution >= 0.6 is 12.2 Å². The van der Waals surface area contributed by atoms with Crippen molar-refractivity contribution in [2.45, 2.75) is 25.8 Å². The number of carbonyl (C=O) groups is 1. The number of hydrogen-bond acceptors (Lipinski definition) is 3. The normalized spacial score (nSPS) is 11.7. The highest BCUT2D eigenvalue weighted by atomic mass is 32.1. The summed E-state index contributed by atoms with van der Waals surface area (Å²) < 4.78 is 5.31. The quantitative estimate of drug-likeness (QED) is 0.807. The lowest BCUT2D eigenvalue weighted by Gasteiger charge is -2.25. The Labute approximate surface area is 119 Å². The highest BCUT2D eigenvalue weighted by Gasteiger charge is 2.17. The van der Waals surface area contributed by atoms with Crippen molar-refractivity contribution in [3.8, 4) is 5.75 Å². The third-order valence-corrected chi connectivity index (χ3v) is 3.23. The van der Waals surface area contributed by atoms with E-state index in [4.69, 9.17) is 22.7 Å². The van der Waals surface area contributed by atoms with Crippen molar-refractivity contribution in [3.05, 3.63) is 29.8 Å². The fourth-order valence-corrected chi connectivity index (χ4v) is 1.97. The van der Waals surface area contributed by atoms with Crippen molar-refractivity contribution in [1.82, 2.24) is 4.90 Å². The summed E-state index contributed by atoms with van der Waals surface area (Å²) >= 11 is 4.76. The molecule has 0 aliphatic rings. The molecule has 0 saturated heterocycles. The van der Waals surface area contributed by atoms with Gasteiger partial charge in [0.25, 0.3) is 0 Å². The first kappa shape index (κ1) is 15.4. The van der Waals surface area contributed by atoms with Gasteiger partial charge in [0.05, 0.1) is 18.5 Å². The van der Waals surface area contributed by atoms with E-state index in [1.807, 2.05) is 31.2 Å². The fourth-order valence-electron chi connectivity index (χ4n) is 1.85. The smallest absolute Gasteiger partial charge is 0.229 e. The maximum atomic E-state index is 11.9. The molecule has 2 N–H and O–H groups in total. The van der Waals surface area contributed by atoms with Gasteiger partial charge in [0.1, 0.15) is 5.75 Å². The van der Waals surface area contributed by atoms with E-state index in [1.54, 1.807) is 19.1 Å². The molecule has 0 aromatic heterocycles. The summed E-state index contributed by atoms with van der Waals surface area (Å²) in [6, 6.07) is 7.86. The molecule has 0 radical (unpaired) electrons. The van der Waals surface area contributed by atoms with Gasteiger partial charge in [0.2, 0.25) is 5.91 Å². The number of nitrogens with zero attached hydrogens (tertiary/aromatic N) is 1. The summed E-state index contributed by atoms with van der Waals surface area (Å²) in [5.74, 6) is 0.777. The van der Waals surface area contributed by atoms with Crippen LogP contribution in [0.3, 0.4) is 0 Å². The van der Waals surface area contributed by atoms with E-state index < -0.39 is 0 Å². The second-order valence-electron chi connectivity index (χ2n) is 4.51. The van der Waals surface area contributed by atoms with Gasteiger partial charge in [0, 0.05) is 13.1 Å². The van der Waals surface area contributed by atoms with Crippen LogP contribution in [-0.4, -0.2) is 36.0 Å². The number of carbonyl (C=O) groups excluding carboxylic acids is 1. The average Bonchev–Trinajstić information content (AvgIpc) is 2.37. The van der Waals surface area contributed by atoms with Crippen LogP contribution in [-0.2, 0) is 11.2 Å². The zero-order valence-corrected chi connectivity index (χ0v) is 12.4. The van der Waals surface area contributed by atoms with Crippen LogP contribution in [0.1, 0.15) is 18.9 Å². The highest BCUT2D eigenvalue weighted by Crippen LogP contribution is 2.20. The van der Waals surface area contributed by atoms with Crippen molar-refractivity contribution in [1.29, 1.82) is 0 Å². The summed E-state index contributed by atoms with van der Waals surface area (Å²) in [6.45, 7) is 1.99. The van der Waals surface area contributed by atoms with Crippen molar-refractivity contribution in [2.24, 2.45) is 5.73 Å². The summed E-state index contributed by atoms with van der Waals surface area (Å²) in [7, 11) is 3.41. The number of hydrogen-bond donors (Lipinski definition) is 1. The summed E-state index contributed by atoms with van der Waals surface area (Å²) in [5.41, 5.74) is 6.47. The summed E-state index contributed by atoms with van der Waals surface area (Å²) in [4.78, 5) is 13.8. The van der Waals surface area contributed by atoms with E-state index in [2.05, 4.69) is 0 Å². The predicted molar refractivity (Wildman–Crippen MR) is 80.3 cm³/mol. The van der Waals surface area contributed by atoms with Crippen molar-refractivity contribution in [2.75, 3.05) is 14.2 Å². The van der Waals surface area contributed by atoms with Crippen molar-refractivity contribution >= 4 is 23.1 Å². The first-order valence-corrected chi connectivity index (χ1v) is 6.52. The van der Waals surface area contributed by atoms with Crippen LogP contribution in [0.15, 0.2) is 24.3 Å². The van der Waals surface area contributed by atoms with Gasteiger partial charge in [-0.1, -0.05) is 30.4 Å². The van der Waals surface area contributed by atoms with Gasteiger partial charge in [-0.3, -0.25) is 4.79 Å². The molecule has 0 saturated carbocycles. The maximum absolute atomic E-state index is 11.9. The molecule has 1 atom stereocenters. The van der Waals surface area contributed by atoms with Gasteiger partial charge in [-0.2, -0.15) is 0 Å². The number of para-hydroxylation sites is 1. The van der Waals surface area contributed by atoms with Crippen LogP contribution in [0.25, 0.3) is 0 Å². The Kier molecular flexibility index (Phi) is 5.76. The number of benzene rings is 1. The van der Waals surface area contributed by atoms with E-state index >= 15 is 0 Å². The molecule has 0 fully saturated rings. The second-order valence-corrected chi connectivity index (χ2v) is 5.04. The molecule has 19 heavy (non-hydrogen) atoms. The molecule has 0 aliphatic heterocycles. The van der Waals surface area contributed by atoms with Crippen LogP contribution in [0, 0.1) is 0 Å². The maximum Gasteiger partial charge on any atom is 0.229 e. The highest BCUT2D eigenvalue weighted by molar-refractivity contribution is 7.80. The van der Waals surface area contributed by atoms with E-state index in [0.29, 0.717) is 0 Å².